The molecule has 0 heterocycles. The fraction of sp³-hybridized carbons (Fsp3) is 0.417. The minimum absolute atomic E-state index is 0.125. The van der Waals surface area contributed by atoms with Gasteiger partial charge in [0.25, 0.3) is 0 Å². The third-order valence-electron chi connectivity index (χ3n) is 2.18. The van der Waals surface area contributed by atoms with Gasteiger partial charge in [0.05, 0.1) is 19.3 Å². The summed E-state index contributed by atoms with van der Waals surface area (Å²) in [4.78, 5) is 11.0. The average molecular weight is 292 g/mol. The number of hydrogen-bond donors (Lipinski definition) is 1. The van der Waals surface area contributed by atoms with Crippen molar-refractivity contribution >= 4 is 29.2 Å². The zero-order valence-electron chi connectivity index (χ0n) is 9.99. The lowest BCUT2D eigenvalue weighted by Crippen LogP contribution is -2.21. The Balaban J connectivity index is 2.47. The van der Waals surface area contributed by atoms with E-state index in [2.05, 4.69) is 0 Å². The van der Waals surface area contributed by atoms with Crippen molar-refractivity contribution in [3.8, 4) is 0 Å². The molecule has 0 amide bonds. The van der Waals surface area contributed by atoms with Crippen LogP contribution >= 0.6 is 23.2 Å². The van der Waals surface area contributed by atoms with E-state index in [1.54, 1.807) is 25.1 Å². The Bertz CT molecular complexity index is 412. The van der Waals surface area contributed by atoms with Crippen LogP contribution in [0.5, 0.6) is 0 Å². The lowest BCUT2D eigenvalue weighted by atomic mass is 10.1. The number of ether oxygens (including phenoxy) is 2. The van der Waals surface area contributed by atoms with Gasteiger partial charge in [0.15, 0.2) is 0 Å². The fourth-order valence-electron chi connectivity index (χ4n) is 1.36. The van der Waals surface area contributed by atoms with E-state index >= 15 is 0 Å². The SMILES string of the molecule is CCOC(=O)COCC(N)c1cc(Cl)ccc1Cl. The molecule has 0 aliphatic carbocycles. The van der Waals surface area contributed by atoms with Crippen LogP contribution in [0.25, 0.3) is 0 Å². The summed E-state index contributed by atoms with van der Waals surface area (Å²) in [6.07, 6.45) is 0. The van der Waals surface area contributed by atoms with Gasteiger partial charge in [-0.3, -0.25) is 0 Å². The highest BCUT2D eigenvalue weighted by molar-refractivity contribution is 6.33. The topological polar surface area (TPSA) is 61.5 Å². The second-order valence-electron chi connectivity index (χ2n) is 3.59. The standard InChI is InChI=1S/C12H15Cl2NO3/c1-2-18-12(16)7-17-6-11(15)9-5-8(13)3-4-10(9)14/h3-5,11H,2,6-7,15H2,1H3. The molecule has 0 saturated carbocycles. The van der Waals surface area contributed by atoms with Crippen LogP contribution in [-0.2, 0) is 14.3 Å². The van der Waals surface area contributed by atoms with Crippen molar-refractivity contribution in [2.24, 2.45) is 5.73 Å². The van der Waals surface area contributed by atoms with Gasteiger partial charge in [-0.15, -0.1) is 0 Å². The molecular formula is C12H15Cl2NO3. The van der Waals surface area contributed by atoms with E-state index < -0.39 is 12.0 Å². The highest BCUT2D eigenvalue weighted by atomic mass is 35.5. The third-order valence-corrected chi connectivity index (χ3v) is 2.76. The molecule has 2 N–H and O–H groups in total. The first kappa shape index (κ1) is 15.2. The molecule has 0 saturated heterocycles. The van der Waals surface area contributed by atoms with Gasteiger partial charge in [0.1, 0.15) is 6.61 Å². The highest BCUT2D eigenvalue weighted by Gasteiger charge is 2.12. The number of halogens is 2. The van der Waals surface area contributed by atoms with Crippen LogP contribution in [-0.4, -0.2) is 25.8 Å². The molecule has 0 fully saturated rings. The molecule has 0 aliphatic rings. The number of carbonyl (C=O) groups excluding carboxylic acids is 1. The van der Waals surface area contributed by atoms with Gasteiger partial charge in [-0.2, -0.15) is 0 Å². The normalized spacial score (nSPS) is 12.2. The van der Waals surface area contributed by atoms with Gasteiger partial charge in [0.2, 0.25) is 0 Å². The number of nitrogens with two attached hydrogens (primary N) is 1. The molecule has 0 radical (unpaired) electrons. The lowest BCUT2D eigenvalue weighted by Gasteiger charge is -2.14. The number of benzene rings is 1. The molecule has 4 nitrogen and oxygen atoms in total. The number of carbonyl (C=O) groups is 1. The zero-order valence-corrected chi connectivity index (χ0v) is 11.5. The van der Waals surface area contributed by atoms with E-state index in [0.29, 0.717) is 22.2 Å². The molecule has 0 aliphatic heterocycles. The van der Waals surface area contributed by atoms with Crippen molar-refractivity contribution in [2.75, 3.05) is 19.8 Å². The molecule has 1 aromatic rings. The molecule has 18 heavy (non-hydrogen) atoms. The Morgan fingerprint density at radius 1 is 1.44 bits per heavy atom. The van der Waals surface area contributed by atoms with Crippen molar-refractivity contribution in [2.45, 2.75) is 13.0 Å². The van der Waals surface area contributed by atoms with E-state index in [0.717, 1.165) is 0 Å². The van der Waals surface area contributed by atoms with E-state index in [9.17, 15) is 4.79 Å². The summed E-state index contributed by atoms with van der Waals surface area (Å²) in [6, 6.07) is 4.59. The smallest absolute Gasteiger partial charge is 0.332 e. The Kier molecular flexibility index (Phi) is 6.43. The van der Waals surface area contributed by atoms with Crippen LogP contribution in [0.1, 0.15) is 18.5 Å². The molecule has 0 bridgehead atoms. The van der Waals surface area contributed by atoms with Crippen LogP contribution in [0, 0.1) is 0 Å². The van der Waals surface area contributed by atoms with Crippen LogP contribution in [0.15, 0.2) is 18.2 Å². The first-order valence-corrected chi connectivity index (χ1v) is 6.24. The van der Waals surface area contributed by atoms with E-state index in [1.165, 1.54) is 0 Å². The molecule has 0 spiro atoms. The van der Waals surface area contributed by atoms with E-state index in [4.69, 9.17) is 38.4 Å². The summed E-state index contributed by atoms with van der Waals surface area (Å²) in [5.41, 5.74) is 6.59. The van der Waals surface area contributed by atoms with Crippen LogP contribution < -0.4 is 5.73 Å². The number of rotatable bonds is 6. The maximum absolute atomic E-state index is 11.0. The van der Waals surface area contributed by atoms with E-state index in [-0.39, 0.29) is 13.2 Å². The molecule has 100 valence electrons. The molecule has 0 aromatic heterocycles. The summed E-state index contributed by atoms with van der Waals surface area (Å²) in [6.45, 7) is 2.10. The maximum atomic E-state index is 11.0. The van der Waals surface area contributed by atoms with Gasteiger partial charge >= 0.3 is 5.97 Å². The Labute approximate surface area is 116 Å². The van der Waals surface area contributed by atoms with Gasteiger partial charge < -0.3 is 15.2 Å². The molecule has 1 rings (SSSR count). The largest absolute Gasteiger partial charge is 0.464 e. The highest BCUT2D eigenvalue weighted by Crippen LogP contribution is 2.25. The minimum atomic E-state index is -0.439. The van der Waals surface area contributed by atoms with Crippen molar-refractivity contribution < 1.29 is 14.3 Å². The Morgan fingerprint density at radius 3 is 2.83 bits per heavy atom. The Hall–Kier alpha value is -0.810. The fourth-order valence-corrected chi connectivity index (χ4v) is 1.80. The summed E-state index contributed by atoms with van der Waals surface area (Å²) < 4.78 is 9.88. The minimum Gasteiger partial charge on any atom is -0.464 e. The lowest BCUT2D eigenvalue weighted by molar-refractivity contribution is -0.148. The maximum Gasteiger partial charge on any atom is 0.332 e. The van der Waals surface area contributed by atoms with Crippen molar-refractivity contribution in [3.05, 3.63) is 33.8 Å². The van der Waals surface area contributed by atoms with E-state index in [1.807, 2.05) is 0 Å². The summed E-state index contributed by atoms with van der Waals surface area (Å²) >= 11 is 11.9. The number of hydrogen-bond acceptors (Lipinski definition) is 4. The summed E-state index contributed by atoms with van der Waals surface area (Å²) in [5.74, 6) is -0.415. The first-order chi connectivity index (χ1) is 8.54. The van der Waals surface area contributed by atoms with Crippen molar-refractivity contribution in [3.63, 3.8) is 0 Å². The van der Waals surface area contributed by atoms with Crippen LogP contribution in [0.2, 0.25) is 10.0 Å². The van der Waals surface area contributed by atoms with Crippen LogP contribution in [0.3, 0.4) is 0 Å². The predicted molar refractivity (Wildman–Crippen MR) is 70.8 cm³/mol. The third kappa shape index (κ3) is 4.82. The average Bonchev–Trinajstić information content (AvgIpc) is 2.32. The quantitative estimate of drug-likeness (QED) is 0.819. The molecule has 1 atom stereocenters. The molecule has 1 unspecified atom stereocenters. The second kappa shape index (κ2) is 7.59. The summed E-state index contributed by atoms with van der Waals surface area (Å²) in [5, 5.41) is 1.07. The first-order valence-electron chi connectivity index (χ1n) is 5.48. The van der Waals surface area contributed by atoms with Gasteiger partial charge in [0, 0.05) is 10.0 Å². The van der Waals surface area contributed by atoms with Crippen molar-refractivity contribution in [1.29, 1.82) is 0 Å². The van der Waals surface area contributed by atoms with Crippen LogP contribution in [0.4, 0.5) is 0 Å². The van der Waals surface area contributed by atoms with Gasteiger partial charge in [-0.25, -0.2) is 4.79 Å². The monoisotopic (exact) mass is 291 g/mol. The van der Waals surface area contributed by atoms with Crippen molar-refractivity contribution in [1.82, 2.24) is 0 Å². The molecular weight excluding hydrogens is 277 g/mol. The number of esters is 1. The Morgan fingerprint density at radius 2 is 2.17 bits per heavy atom. The second-order valence-corrected chi connectivity index (χ2v) is 4.44. The van der Waals surface area contributed by atoms with Gasteiger partial charge in [-0.05, 0) is 30.7 Å². The molecule has 6 heteroatoms. The summed E-state index contributed by atoms with van der Waals surface area (Å²) in [7, 11) is 0. The predicted octanol–water partition coefficient (Wildman–Crippen LogP) is 2.57. The molecule has 1 aromatic carbocycles. The van der Waals surface area contributed by atoms with Gasteiger partial charge in [-0.1, -0.05) is 23.2 Å². The zero-order chi connectivity index (χ0) is 13.5.